The number of carbonyl (C=O) groups is 1. The van der Waals surface area contributed by atoms with Gasteiger partial charge in [0.05, 0.1) is 5.75 Å². The lowest BCUT2D eigenvalue weighted by atomic mass is 10.2. The molecule has 1 amide bonds. The second-order valence-electron chi connectivity index (χ2n) is 7.47. The third kappa shape index (κ3) is 5.54. The molecule has 1 aliphatic heterocycles. The number of thioether (sulfide) groups is 1. The Morgan fingerprint density at radius 1 is 1.03 bits per heavy atom. The lowest BCUT2D eigenvalue weighted by molar-refractivity contribution is -0.130. The Labute approximate surface area is 190 Å². The molecule has 166 valence electrons. The average molecular weight is 453 g/mol. The fourth-order valence-electron chi connectivity index (χ4n) is 3.47. The van der Waals surface area contributed by atoms with Gasteiger partial charge in [-0.25, -0.2) is 9.07 Å². The zero-order valence-electron chi connectivity index (χ0n) is 17.6. The molecule has 1 aliphatic rings. The van der Waals surface area contributed by atoms with Crippen molar-refractivity contribution in [2.45, 2.75) is 5.16 Å². The minimum atomic E-state index is -0.329. The molecule has 7 nitrogen and oxygen atoms in total. The Morgan fingerprint density at radius 3 is 2.47 bits per heavy atom. The topological polar surface area (TPSA) is 80.3 Å². The Balaban J connectivity index is 1.23. The summed E-state index contributed by atoms with van der Waals surface area (Å²) in [5, 5.41) is 8.59. The van der Waals surface area contributed by atoms with Gasteiger partial charge in [0.1, 0.15) is 5.82 Å². The molecule has 9 heteroatoms. The van der Waals surface area contributed by atoms with Crippen LogP contribution < -0.4 is 5.84 Å². The van der Waals surface area contributed by atoms with E-state index < -0.39 is 0 Å². The van der Waals surface area contributed by atoms with Gasteiger partial charge < -0.3 is 10.7 Å². The molecule has 32 heavy (non-hydrogen) atoms. The van der Waals surface area contributed by atoms with Gasteiger partial charge in [-0.15, -0.1) is 10.2 Å². The van der Waals surface area contributed by atoms with E-state index >= 15 is 0 Å². The van der Waals surface area contributed by atoms with Gasteiger partial charge in [-0.1, -0.05) is 54.2 Å². The number of benzene rings is 2. The molecule has 2 heterocycles. The summed E-state index contributed by atoms with van der Waals surface area (Å²) in [4.78, 5) is 16.8. The summed E-state index contributed by atoms with van der Waals surface area (Å²) in [6.45, 7) is 3.96. The number of halogens is 1. The van der Waals surface area contributed by atoms with Crippen LogP contribution in [0.5, 0.6) is 0 Å². The second kappa shape index (κ2) is 10.4. The second-order valence-corrected chi connectivity index (χ2v) is 8.41. The average Bonchev–Trinajstić information content (AvgIpc) is 3.19. The van der Waals surface area contributed by atoms with Crippen molar-refractivity contribution in [1.29, 1.82) is 0 Å². The largest absolute Gasteiger partial charge is 0.339 e. The highest BCUT2D eigenvalue weighted by Crippen LogP contribution is 2.22. The highest BCUT2D eigenvalue weighted by molar-refractivity contribution is 7.99. The first-order valence-corrected chi connectivity index (χ1v) is 11.4. The number of amides is 1. The summed E-state index contributed by atoms with van der Waals surface area (Å²) < 4.78 is 14.5. The SMILES string of the molecule is Nn1c(SCC(=O)N2CCN(C/C=C/c3ccccc3)CC2)nnc1-c1ccc(F)cc1. The van der Waals surface area contributed by atoms with E-state index in [1.807, 2.05) is 23.1 Å². The molecule has 0 aliphatic carbocycles. The molecule has 2 aromatic carbocycles. The van der Waals surface area contributed by atoms with Crippen LogP contribution in [0.25, 0.3) is 17.5 Å². The number of aromatic nitrogens is 3. The van der Waals surface area contributed by atoms with Crippen LogP contribution >= 0.6 is 11.8 Å². The highest BCUT2D eigenvalue weighted by Gasteiger charge is 2.21. The number of nitrogens with two attached hydrogens (primary N) is 1. The predicted molar refractivity (Wildman–Crippen MR) is 125 cm³/mol. The summed E-state index contributed by atoms with van der Waals surface area (Å²) >= 11 is 1.25. The molecular weight excluding hydrogens is 427 g/mol. The molecule has 0 saturated carbocycles. The minimum Gasteiger partial charge on any atom is -0.339 e. The van der Waals surface area contributed by atoms with Gasteiger partial charge in [0.15, 0.2) is 5.82 Å². The minimum absolute atomic E-state index is 0.0563. The smallest absolute Gasteiger partial charge is 0.233 e. The van der Waals surface area contributed by atoms with E-state index in [0.717, 1.165) is 19.6 Å². The summed E-state index contributed by atoms with van der Waals surface area (Å²) in [5.41, 5.74) is 1.85. The third-order valence-corrected chi connectivity index (χ3v) is 6.22. The van der Waals surface area contributed by atoms with Crippen LogP contribution in [0.2, 0.25) is 0 Å². The van der Waals surface area contributed by atoms with Crippen LogP contribution in [0, 0.1) is 5.82 Å². The van der Waals surface area contributed by atoms with Crippen LogP contribution in [0.3, 0.4) is 0 Å². The number of nitrogens with zero attached hydrogens (tertiary/aromatic N) is 5. The predicted octanol–water partition coefficient (Wildman–Crippen LogP) is 2.75. The van der Waals surface area contributed by atoms with Crippen molar-refractivity contribution in [3.63, 3.8) is 0 Å². The van der Waals surface area contributed by atoms with Crippen molar-refractivity contribution >= 4 is 23.7 Å². The Kier molecular flexibility index (Phi) is 7.18. The van der Waals surface area contributed by atoms with Crippen LogP contribution in [-0.4, -0.2) is 69.1 Å². The quantitative estimate of drug-likeness (QED) is 0.439. The molecule has 0 unspecified atom stereocenters. The maximum Gasteiger partial charge on any atom is 0.233 e. The van der Waals surface area contributed by atoms with Crippen molar-refractivity contribution < 1.29 is 9.18 Å². The Morgan fingerprint density at radius 2 is 1.75 bits per heavy atom. The number of nitrogen functional groups attached to an aromatic ring is 1. The Bertz CT molecular complexity index is 1060. The third-order valence-electron chi connectivity index (χ3n) is 5.29. The van der Waals surface area contributed by atoms with Gasteiger partial charge in [0, 0.05) is 38.3 Å². The van der Waals surface area contributed by atoms with E-state index in [4.69, 9.17) is 5.84 Å². The maximum atomic E-state index is 13.1. The number of hydrogen-bond donors (Lipinski definition) is 1. The van der Waals surface area contributed by atoms with Gasteiger partial charge >= 0.3 is 0 Å². The van der Waals surface area contributed by atoms with Crippen molar-refractivity contribution in [2.75, 3.05) is 44.3 Å². The summed E-state index contributed by atoms with van der Waals surface area (Å²) in [7, 11) is 0. The van der Waals surface area contributed by atoms with Crippen LogP contribution in [0.4, 0.5) is 4.39 Å². The first-order valence-electron chi connectivity index (χ1n) is 10.4. The molecule has 1 saturated heterocycles. The summed E-state index contributed by atoms with van der Waals surface area (Å²) in [6.07, 6.45) is 4.28. The maximum absolute atomic E-state index is 13.1. The van der Waals surface area contributed by atoms with E-state index in [-0.39, 0.29) is 17.5 Å². The lowest BCUT2D eigenvalue weighted by Gasteiger charge is -2.34. The van der Waals surface area contributed by atoms with Gasteiger partial charge in [-0.3, -0.25) is 9.69 Å². The first-order chi connectivity index (χ1) is 15.6. The number of rotatable bonds is 7. The molecule has 0 atom stereocenters. The van der Waals surface area contributed by atoms with Crippen LogP contribution in [0.15, 0.2) is 65.8 Å². The zero-order valence-corrected chi connectivity index (χ0v) is 18.4. The number of carbonyl (C=O) groups excluding carboxylic acids is 1. The van der Waals surface area contributed by atoms with Crippen molar-refractivity contribution in [1.82, 2.24) is 24.7 Å². The van der Waals surface area contributed by atoms with Crippen LogP contribution in [0.1, 0.15) is 5.56 Å². The molecule has 0 spiro atoms. The fourth-order valence-corrected chi connectivity index (χ4v) is 4.23. The lowest BCUT2D eigenvalue weighted by Crippen LogP contribution is -2.49. The van der Waals surface area contributed by atoms with Gasteiger partial charge in [0.2, 0.25) is 11.1 Å². The molecule has 0 bridgehead atoms. The van der Waals surface area contributed by atoms with Crippen molar-refractivity contribution in [3.8, 4) is 11.4 Å². The van der Waals surface area contributed by atoms with Gasteiger partial charge in [-0.05, 0) is 29.8 Å². The van der Waals surface area contributed by atoms with Crippen molar-refractivity contribution in [2.24, 2.45) is 0 Å². The molecular formula is C23H25FN6OS. The monoisotopic (exact) mass is 452 g/mol. The van der Waals surface area contributed by atoms with E-state index in [9.17, 15) is 9.18 Å². The standard InChI is InChI=1S/C23H25FN6OS/c24-20-10-8-19(9-11-20)22-26-27-23(30(22)25)32-17-21(31)29-15-13-28(14-16-29)12-4-7-18-5-2-1-3-6-18/h1-11H,12-17,25H2/b7-4+. The van der Waals surface area contributed by atoms with Gasteiger partial charge in [-0.2, -0.15) is 0 Å². The highest BCUT2D eigenvalue weighted by atomic mass is 32.2. The fraction of sp³-hybridized carbons (Fsp3) is 0.261. The molecule has 1 fully saturated rings. The van der Waals surface area contributed by atoms with E-state index in [2.05, 4.69) is 39.4 Å². The van der Waals surface area contributed by atoms with E-state index in [0.29, 0.717) is 29.6 Å². The molecule has 3 aromatic rings. The normalized spacial score (nSPS) is 14.8. The molecule has 1 aromatic heterocycles. The first kappa shape index (κ1) is 22.0. The van der Waals surface area contributed by atoms with Crippen molar-refractivity contribution in [3.05, 3.63) is 72.1 Å². The number of hydrogen-bond acceptors (Lipinski definition) is 6. The Hall–Kier alpha value is -3.17. The molecule has 4 rings (SSSR count). The summed E-state index contributed by atoms with van der Waals surface area (Å²) in [6, 6.07) is 16.1. The van der Waals surface area contributed by atoms with E-state index in [1.54, 1.807) is 12.1 Å². The number of piperazine rings is 1. The zero-order chi connectivity index (χ0) is 22.3. The summed E-state index contributed by atoms with van der Waals surface area (Å²) in [5.74, 6) is 6.48. The molecule has 0 radical (unpaired) electrons. The van der Waals surface area contributed by atoms with E-state index in [1.165, 1.54) is 34.1 Å². The molecule has 2 N–H and O–H groups in total. The van der Waals surface area contributed by atoms with Crippen LogP contribution in [-0.2, 0) is 4.79 Å². The van der Waals surface area contributed by atoms with Gasteiger partial charge in [0.25, 0.3) is 0 Å².